The summed E-state index contributed by atoms with van der Waals surface area (Å²) >= 11 is 0. The molecule has 1 amide bonds. The smallest absolute Gasteiger partial charge is 0.270 e. The van der Waals surface area contributed by atoms with E-state index in [1.165, 1.54) is 22.5 Å². The van der Waals surface area contributed by atoms with Crippen LogP contribution in [0.1, 0.15) is 11.1 Å². The molecule has 30 heavy (non-hydrogen) atoms. The monoisotopic (exact) mass is 432 g/mol. The van der Waals surface area contributed by atoms with Gasteiger partial charge in [0.1, 0.15) is 0 Å². The van der Waals surface area contributed by atoms with Crippen molar-refractivity contribution in [1.29, 1.82) is 0 Å². The van der Waals surface area contributed by atoms with Gasteiger partial charge in [-0.15, -0.1) is 0 Å². The van der Waals surface area contributed by atoms with Crippen molar-refractivity contribution in [2.45, 2.75) is 18.7 Å². The highest BCUT2D eigenvalue weighted by atomic mass is 32.2. The lowest BCUT2D eigenvalue weighted by atomic mass is 10.1. The number of piperazine rings is 1. The number of aryl methyl sites for hydroxylation is 2. The third-order valence-electron chi connectivity index (χ3n) is 5.16. The first-order chi connectivity index (χ1) is 14.2. The van der Waals surface area contributed by atoms with E-state index in [1.807, 2.05) is 36.9 Å². The van der Waals surface area contributed by atoms with Crippen molar-refractivity contribution in [1.82, 2.24) is 9.21 Å². The number of nitrogens with zero attached hydrogens (tertiary/aromatic N) is 3. The Morgan fingerprint density at radius 2 is 1.77 bits per heavy atom. The number of hydrogen-bond acceptors (Lipinski definition) is 6. The van der Waals surface area contributed by atoms with Crippen molar-refractivity contribution in [3.05, 3.63) is 63.7 Å². The Morgan fingerprint density at radius 3 is 2.40 bits per heavy atom. The largest absolute Gasteiger partial charge is 0.325 e. The van der Waals surface area contributed by atoms with E-state index >= 15 is 0 Å². The molecule has 1 aliphatic rings. The number of non-ortho nitro benzene ring substituents is 1. The third kappa shape index (κ3) is 5.02. The van der Waals surface area contributed by atoms with E-state index in [4.69, 9.17) is 0 Å². The van der Waals surface area contributed by atoms with Crippen LogP contribution in [-0.4, -0.2) is 61.2 Å². The van der Waals surface area contributed by atoms with Gasteiger partial charge in [-0.05, 0) is 43.2 Å². The van der Waals surface area contributed by atoms with Crippen LogP contribution in [0.3, 0.4) is 0 Å². The Kier molecular flexibility index (Phi) is 6.49. The van der Waals surface area contributed by atoms with Crippen molar-refractivity contribution in [3.63, 3.8) is 0 Å². The van der Waals surface area contributed by atoms with Crippen LogP contribution in [-0.2, 0) is 14.8 Å². The second kappa shape index (κ2) is 8.90. The number of nitrogens with one attached hydrogen (secondary N) is 1. The number of nitro groups is 1. The van der Waals surface area contributed by atoms with E-state index in [0.29, 0.717) is 13.1 Å². The summed E-state index contributed by atoms with van der Waals surface area (Å²) in [4.78, 5) is 24.4. The Bertz CT molecular complexity index is 1060. The van der Waals surface area contributed by atoms with Gasteiger partial charge in [0.15, 0.2) is 0 Å². The molecule has 1 saturated heterocycles. The molecule has 0 spiro atoms. The first-order valence-corrected chi connectivity index (χ1v) is 10.9. The highest BCUT2D eigenvalue weighted by Gasteiger charge is 2.30. The molecule has 2 aromatic rings. The van der Waals surface area contributed by atoms with Gasteiger partial charge in [0.2, 0.25) is 15.9 Å². The van der Waals surface area contributed by atoms with E-state index in [1.54, 1.807) is 0 Å². The lowest BCUT2D eigenvalue weighted by Gasteiger charge is -2.33. The molecule has 2 aromatic carbocycles. The summed E-state index contributed by atoms with van der Waals surface area (Å²) in [6.45, 7) is 5.36. The highest BCUT2D eigenvalue weighted by Crippen LogP contribution is 2.22. The number of carbonyl (C=O) groups excluding carboxylic acids is 1. The summed E-state index contributed by atoms with van der Waals surface area (Å²) in [7, 11) is -3.83. The second-order valence-corrected chi connectivity index (χ2v) is 9.22. The van der Waals surface area contributed by atoms with Crippen LogP contribution in [0.5, 0.6) is 0 Å². The van der Waals surface area contributed by atoms with Crippen molar-refractivity contribution >= 4 is 27.3 Å². The molecule has 0 aliphatic carbocycles. The number of rotatable bonds is 6. The summed E-state index contributed by atoms with van der Waals surface area (Å²) in [5, 5.41) is 13.8. The van der Waals surface area contributed by atoms with Crippen LogP contribution in [0.4, 0.5) is 11.4 Å². The van der Waals surface area contributed by atoms with E-state index in [2.05, 4.69) is 5.32 Å². The van der Waals surface area contributed by atoms with Gasteiger partial charge in [-0.3, -0.25) is 19.8 Å². The molecule has 0 bridgehead atoms. The zero-order valence-corrected chi connectivity index (χ0v) is 17.7. The van der Waals surface area contributed by atoms with Gasteiger partial charge in [0, 0.05) is 44.0 Å². The zero-order chi connectivity index (χ0) is 21.9. The fraction of sp³-hybridized carbons (Fsp3) is 0.350. The molecule has 1 N–H and O–H groups in total. The molecule has 160 valence electrons. The van der Waals surface area contributed by atoms with E-state index < -0.39 is 14.9 Å². The minimum Gasteiger partial charge on any atom is -0.325 e. The summed E-state index contributed by atoms with van der Waals surface area (Å²) < 4.78 is 26.9. The first-order valence-electron chi connectivity index (χ1n) is 9.51. The Hall–Kier alpha value is -2.82. The van der Waals surface area contributed by atoms with Crippen LogP contribution in [0.2, 0.25) is 0 Å². The second-order valence-electron chi connectivity index (χ2n) is 7.28. The van der Waals surface area contributed by atoms with Gasteiger partial charge >= 0.3 is 0 Å². The number of hydrogen-bond donors (Lipinski definition) is 1. The molecule has 0 aromatic heterocycles. The zero-order valence-electron chi connectivity index (χ0n) is 16.9. The van der Waals surface area contributed by atoms with Crippen LogP contribution in [0, 0.1) is 24.0 Å². The normalized spacial score (nSPS) is 15.7. The molecule has 0 radical (unpaired) electrons. The van der Waals surface area contributed by atoms with Gasteiger partial charge in [0.05, 0.1) is 16.4 Å². The lowest BCUT2D eigenvalue weighted by Crippen LogP contribution is -2.50. The maximum atomic E-state index is 12.8. The summed E-state index contributed by atoms with van der Waals surface area (Å²) in [6.07, 6.45) is 0. The molecule has 0 atom stereocenters. The van der Waals surface area contributed by atoms with E-state index in [-0.39, 0.29) is 36.1 Å². The molecule has 10 heteroatoms. The van der Waals surface area contributed by atoms with E-state index in [9.17, 15) is 23.3 Å². The Morgan fingerprint density at radius 1 is 1.07 bits per heavy atom. The average molecular weight is 433 g/mol. The van der Waals surface area contributed by atoms with Crippen LogP contribution in [0.15, 0.2) is 47.4 Å². The number of carbonyl (C=O) groups is 1. The van der Waals surface area contributed by atoms with Gasteiger partial charge in [0.25, 0.3) is 5.69 Å². The van der Waals surface area contributed by atoms with Crippen LogP contribution < -0.4 is 5.32 Å². The number of anilines is 1. The number of benzene rings is 2. The predicted molar refractivity (Wildman–Crippen MR) is 113 cm³/mol. The molecule has 3 rings (SSSR count). The maximum absolute atomic E-state index is 12.8. The minimum absolute atomic E-state index is 0.0994. The number of sulfonamides is 1. The average Bonchev–Trinajstić information content (AvgIpc) is 2.71. The van der Waals surface area contributed by atoms with Gasteiger partial charge in [-0.1, -0.05) is 12.1 Å². The van der Waals surface area contributed by atoms with Gasteiger partial charge < -0.3 is 5.32 Å². The SMILES string of the molecule is Cc1ccc(NC(=O)CN2CCN(S(=O)(=O)c3cccc([N+](=O)[O-])c3)CC2)cc1C. The summed E-state index contributed by atoms with van der Waals surface area (Å²) in [5.74, 6) is -0.159. The fourth-order valence-corrected chi connectivity index (χ4v) is 4.72. The Labute approximate surface area is 175 Å². The van der Waals surface area contributed by atoms with Crippen molar-refractivity contribution < 1.29 is 18.1 Å². The third-order valence-corrected chi connectivity index (χ3v) is 7.05. The quantitative estimate of drug-likeness (QED) is 0.553. The van der Waals surface area contributed by atoms with Crippen LogP contribution >= 0.6 is 0 Å². The van der Waals surface area contributed by atoms with E-state index in [0.717, 1.165) is 22.9 Å². The molecular weight excluding hydrogens is 408 g/mol. The van der Waals surface area contributed by atoms with Crippen molar-refractivity contribution in [3.8, 4) is 0 Å². The molecule has 0 unspecified atom stereocenters. The summed E-state index contributed by atoms with van der Waals surface area (Å²) in [6, 6.07) is 10.7. The summed E-state index contributed by atoms with van der Waals surface area (Å²) in [5.41, 5.74) is 2.70. The molecular formula is C20H24N4O5S. The van der Waals surface area contributed by atoms with Gasteiger partial charge in [-0.25, -0.2) is 8.42 Å². The van der Waals surface area contributed by atoms with Gasteiger partial charge in [-0.2, -0.15) is 4.31 Å². The number of amides is 1. The topological polar surface area (TPSA) is 113 Å². The molecule has 9 nitrogen and oxygen atoms in total. The fourth-order valence-electron chi connectivity index (χ4n) is 3.26. The number of nitro benzene ring substituents is 1. The highest BCUT2D eigenvalue weighted by molar-refractivity contribution is 7.89. The minimum atomic E-state index is -3.83. The van der Waals surface area contributed by atoms with Crippen molar-refractivity contribution in [2.24, 2.45) is 0 Å². The Balaban J connectivity index is 1.57. The molecule has 1 heterocycles. The standard InChI is InChI=1S/C20H24N4O5S/c1-15-6-7-17(12-16(15)2)21-20(25)14-22-8-10-23(11-9-22)30(28,29)19-5-3-4-18(13-19)24(26)27/h3-7,12-13H,8-11,14H2,1-2H3,(H,21,25). The first kappa shape index (κ1) is 21.9. The predicted octanol–water partition coefficient (Wildman–Crippen LogP) is 2.16. The molecule has 1 fully saturated rings. The lowest BCUT2D eigenvalue weighted by molar-refractivity contribution is -0.385. The maximum Gasteiger partial charge on any atom is 0.270 e. The molecule has 0 saturated carbocycles. The van der Waals surface area contributed by atoms with Crippen molar-refractivity contribution in [2.75, 3.05) is 38.0 Å². The van der Waals surface area contributed by atoms with Crippen LogP contribution in [0.25, 0.3) is 0 Å². The molecule has 1 aliphatic heterocycles.